The van der Waals surface area contributed by atoms with Crippen LogP contribution >= 0.6 is 11.6 Å². The van der Waals surface area contributed by atoms with Crippen LogP contribution in [0.25, 0.3) is 5.70 Å². The lowest BCUT2D eigenvalue weighted by Gasteiger charge is -2.25. The number of aromatic nitrogens is 4. The van der Waals surface area contributed by atoms with E-state index in [2.05, 4.69) is 20.8 Å². The van der Waals surface area contributed by atoms with Crippen molar-refractivity contribution < 1.29 is 14.2 Å². The summed E-state index contributed by atoms with van der Waals surface area (Å²) >= 11 is 6.39. The van der Waals surface area contributed by atoms with Gasteiger partial charge in [0, 0.05) is 16.3 Å². The van der Waals surface area contributed by atoms with Crippen LogP contribution in [-0.4, -0.2) is 41.5 Å². The van der Waals surface area contributed by atoms with Crippen molar-refractivity contribution in [3.8, 4) is 17.2 Å². The smallest absolute Gasteiger partial charge is 0.248 e. The topological polar surface area (TPSA) is 83.3 Å². The highest BCUT2D eigenvalue weighted by molar-refractivity contribution is 6.32. The molecule has 0 spiro atoms. The lowest BCUT2D eigenvalue weighted by molar-refractivity contribution is 0.323. The monoisotopic (exact) mass is 399 g/mol. The van der Waals surface area contributed by atoms with Crippen molar-refractivity contribution in [2.45, 2.75) is 6.04 Å². The van der Waals surface area contributed by atoms with E-state index in [0.29, 0.717) is 28.2 Å². The quantitative estimate of drug-likeness (QED) is 0.703. The molecule has 1 aromatic heterocycles. The Hall–Kier alpha value is -3.26. The molecule has 2 heterocycles. The molecule has 1 N–H and O–H groups in total. The van der Waals surface area contributed by atoms with E-state index < -0.39 is 0 Å². The Bertz CT molecular complexity index is 1020. The van der Waals surface area contributed by atoms with Crippen LogP contribution in [0.4, 0.5) is 5.95 Å². The maximum atomic E-state index is 6.39. The minimum atomic E-state index is -0.300. The number of halogens is 1. The number of hydrogen-bond donors (Lipinski definition) is 1. The number of hydrogen-bond acceptors (Lipinski definition) is 7. The molecular weight excluding hydrogens is 382 g/mol. The van der Waals surface area contributed by atoms with E-state index in [-0.39, 0.29) is 6.04 Å². The number of benzene rings is 2. The lowest BCUT2D eigenvalue weighted by Crippen LogP contribution is -2.20. The molecule has 0 fully saturated rings. The highest BCUT2D eigenvalue weighted by Gasteiger charge is 2.27. The van der Waals surface area contributed by atoms with E-state index in [9.17, 15) is 0 Å². The van der Waals surface area contributed by atoms with Crippen molar-refractivity contribution in [2.75, 3.05) is 26.6 Å². The normalized spacial score (nSPS) is 15.3. The van der Waals surface area contributed by atoms with Crippen LogP contribution in [0.15, 0.2) is 42.5 Å². The average molecular weight is 400 g/mol. The second kappa shape index (κ2) is 7.40. The van der Waals surface area contributed by atoms with E-state index in [1.54, 1.807) is 26.0 Å². The predicted molar refractivity (Wildman–Crippen MR) is 105 cm³/mol. The molecule has 0 aliphatic carbocycles. The van der Waals surface area contributed by atoms with Gasteiger partial charge < -0.3 is 19.5 Å². The molecule has 28 heavy (non-hydrogen) atoms. The number of rotatable bonds is 5. The van der Waals surface area contributed by atoms with Crippen molar-refractivity contribution in [3.63, 3.8) is 0 Å². The van der Waals surface area contributed by atoms with Gasteiger partial charge in [0.25, 0.3) is 0 Å². The first kappa shape index (κ1) is 18.1. The minimum Gasteiger partial charge on any atom is -0.493 e. The Morgan fingerprint density at radius 2 is 1.75 bits per heavy atom. The largest absolute Gasteiger partial charge is 0.493 e. The molecule has 4 rings (SSSR count). The van der Waals surface area contributed by atoms with Crippen molar-refractivity contribution in [3.05, 3.63) is 58.6 Å². The van der Waals surface area contributed by atoms with Crippen LogP contribution in [0.3, 0.4) is 0 Å². The first-order valence-corrected chi connectivity index (χ1v) is 8.85. The molecule has 0 bridgehead atoms. The molecule has 0 amide bonds. The molecule has 0 saturated heterocycles. The highest BCUT2D eigenvalue weighted by Crippen LogP contribution is 2.42. The number of allylic oxidation sites excluding steroid dienone is 1. The van der Waals surface area contributed by atoms with Gasteiger partial charge in [-0.3, -0.25) is 0 Å². The fraction of sp³-hybridized carbons (Fsp3) is 0.211. The summed E-state index contributed by atoms with van der Waals surface area (Å²) in [5, 5.41) is 15.9. The highest BCUT2D eigenvalue weighted by atomic mass is 35.5. The molecule has 0 saturated carbocycles. The predicted octanol–water partition coefficient (Wildman–Crippen LogP) is 3.41. The van der Waals surface area contributed by atoms with E-state index in [4.69, 9.17) is 25.8 Å². The van der Waals surface area contributed by atoms with Crippen LogP contribution in [0, 0.1) is 0 Å². The zero-order chi connectivity index (χ0) is 19.7. The van der Waals surface area contributed by atoms with Gasteiger partial charge in [-0.1, -0.05) is 34.9 Å². The molecule has 0 radical (unpaired) electrons. The zero-order valence-electron chi connectivity index (χ0n) is 15.5. The Morgan fingerprint density at radius 3 is 2.39 bits per heavy atom. The zero-order valence-corrected chi connectivity index (χ0v) is 16.3. The van der Waals surface area contributed by atoms with Crippen molar-refractivity contribution in [1.82, 2.24) is 20.2 Å². The molecule has 9 heteroatoms. The van der Waals surface area contributed by atoms with E-state index in [0.717, 1.165) is 16.8 Å². The summed E-state index contributed by atoms with van der Waals surface area (Å²) < 4.78 is 18.1. The number of anilines is 1. The third kappa shape index (κ3) is 3.01. The van der Waals surface area contributed by atoms with Gasteiger partial charge in [0.2, 0.25) is 11.7 Å². The molecule has 2 aromatic carbocycles. The first-order valence-electron chi connectivity index (χ1n) is 8.47. The molecule has 0 unspecified atom stereocenters. The van der Waals surface area contributed by atoms with Gasteiger partial charge in [0.15, 0.2) is 11.5 Å². The van der Waals surface area contributed by atoms with Crippen molar-refractivity contribution in [2.24, 2.45) is 0 Å². The Kier molecular flexibility index (Phi) is 4.79. The molecule has 1 aliphatic rings. The standard InChI is InChI=1S/C19H18ClN5O3/c1-26-16-8-11(9-17(27-2)18(16)28-3)15-10-14(12-6-4-5-7-13(12)20)21-19-22-23-24-25(15)19/h4-10,15H,1-3H3,(H,21,22,24)/t15-/m0/s1. The average Bonchev–Trinajstić information content (AvgIpc) is 3.21. The first-order chi connectivity index (χ1) is 13.7. The summed E-state index contributed by atoms with van der Waals surface area (Å²) in [6.07, 6.45) is 2.01. The summed E-state index contributed by atoms with van der Waals surface area (Å²) in [6.45, 7) is 0. The number of fused-ring (bicyclic) bond motifs is 1. The van der Waals surface area contributed by atoms with Gasteiger partial charge in [-0.25, -0.2) is 0 Å². The van der Waals surface area contributed by atoms with E-state index in [1.807, 2.05) is 42.5 Å². The fourth-order valence-electron chi connectivity index (χ4n) is 3.20. The molecule has 8 nitrogen and oxygen atoms in total. The molecule has 1 aliphatic heterocycles. The van der Waals surface area contributed by atoms with Gasteiger partial charge in [0.1, 0.15) is 6.04 Å². The van der Waals surface area contributed by atoms with E-state index >= 15 is 0 Å². The van der Waals surface area contributed by atoms with Gasteiger partial charge >= 0.3 is 0 Å². The van der Waals surface area contributed by atoms with Gasteiger partial charge in [-0.2, -0.15) is 4.68 Å². The second-order valence-electron chi connectivity index (χ2n) is 6.04. The third-order valence-electron chi connectivity index (χ3n) is 4.52. The number of tetrazole rings is 1. The minimum absolute atomic E-state index is 0.300. The van der Waals surface area contributed by atoms with Crippen LogP contribution in [0.5, 0.6) is 17.2 Å². The summed E-state index contributed by atoms with van der Waals surface area (Å²) in [5.41, 5.74) is 2.54. The SMILES string of the molecule is COc1cc([C@@H]2C=C(c3ccccc3Cl)Nc3nnnn32)cc(OC)c1OC. The van der Waals surface area contributed by atoms with Gasteiger partial charge in [-0.15, -0.1) is 0 Å². The summed E-state index contributed by atoms with van der Waals surface area (Å²) in [4.78, 5) is 0. The summed E-state index contributed by atoms with van der Waals surface area (Å²) in [6, 6.07) is 11.0. The maximum absolute atomic E-state index is 6.39. The van der Waals surface area contributed by atoms with Crippen LogP contribution < -0.4 is 19.5 Å². The lowest BCUT2D eigenvalue weighted by atomic mass is 10.0. The maximum Gasteiger partial charge on any atom is 0.248 e. The second-order valence-corrected chi connectivity index (χ2v) is 6.44. The Labute approximate surface area is 166 Å². The molecular formula is C19H18ClN5O3. The summed E-state index contributed by atoms with van der Waals surface area (Å²) in [7, 11) is 4.73. The van der Waals surface area contributed by atoms with Crippen LogP contribution in [0.1, 0.15) is 17.2 Å². The molecule has 1 atom stereocenters. The van der Waals surface area contributed by atoms with Gasteiger partial charge in [0.05, 0.1) is 21.3 Å². The van der Waals surface area contributed by atoms with E-state index in [1.165, 1.54) is 0 Å². The molecule has 144 valence electrons. The number of nitrogens with one attached hydrogen (secondary N) is 1. The third-order valence-corrected chi connectivity index (χ3v) is 4.85. The van der Waals surface area contributed by atoms with Crippen molar-refractivity contribution >= 4 is 23.2 Å². The Balaban J connectivity index is 1.87. The Morgan fingerprint density at radius 1 is 1.04 bits per heavy atom. The van der Waals surface area contributed by atoms with Crippen LogP contribution in [-0.2, 0) is 0 Å². The number of nitrogens with zero attached hydrogens (tertiary/aromatic N) is 4. The number of ether oxygens (including phenoxy) is 3. The summed E-state index contributed by atoms with van der Waals surface area (Å²) in [5.74, 6) is 2.14. The van der Waals surface area contributed by atoms with Crippen LogP contribution in [0.2, 0.25) is 5.02 Å². The van der Waals surface area contributed by atoms with Gasteiger partial charge in [-0.05, 0) is 40.3 Å². The van der Waals surface area contributed by atoms with Crippen molar-refractivity contribution in [1.29, 1.82) is 0 Å². The fourth-order valence-corrected chi connectivity index (χ4v) is 3.44. The number of methoxy groups -OCH3 is 3. The molecule has 3 aromatic rings.